The highest BCUT2D eigenvalue weighted by molar-refractivity contribution is 6.55. The Labute approximate surface area is 122 Å². The highest BCUT2D eigenvalue weighted by Crippen LogP contribution is 2.35. The molecule has 3 nitrogen and oxygen atoms in total. The van der Waals surface area contributed by atoms with E-state index in [0.717, 1.165) is 34.2 Å². The number of rotatable bonds is 0. The Hall–Kier alpha value is -2.13. The van der Waals surface area contributed by atoms with Crippen molar-refractivity contribution in [2.75, 3.05) is 5.32 Å². The topological polar surface area (TPSA) is 38.5 Å². The van der Waals surface area contributed by atoms with Gasteiger partial charge in [-0.05, 0) is 60.3 Å². The first kappa shape index (κ1) is 11.7. The van der Waals surface area contributed by atoms with Crippen LogP contribution in [0.1, 0.15) is 16.7 Å². The molecule has 4 heteroatoms. The molecule has 0 amide bonds. The number of anilines is 1. The van der Waals surface area contributed by atoms with Crippen molar-refractivity contribution in [2.24, 2.45) is 4.99 Å². The second-order valence-corrected chi connectivity index (χ2v) is 5.60. The predicted molar refractivity (Wildman–Crippen MR) is 84.0 cm³/mol. The van der Waals surface area contributed by atoms with E-state index in [2.05, 4.69) is 36.3 Å². The number of benzene rings is 2. The molecule has 0 spiro atoms. The smallest absolute Gasteiger partial charge is 0.235 e. The van der Waals surface area contributed by atoms with Gasteiger partial charge in [0.05, 0.1) is 5.56 Å². The summed E-state index contributed by atoms with van der Waals surface area (Å²) < 4.78 is 0. The molecule has 20 heavy (non-hydrogen) atoms. The highest BCUT2D eigenvalue weighted by atomic mass is 35.5. The maximum absolute atomic E-state index is 6.07. The molecule has 0 fully saturated rings. The lowest BCUT2D eigenvalue weighted by Crippen LogP contribution is -2.26. The van der Waals surface area contributed by atoms with Crippen molar-refractivity contribution in [1.82, 2.24) is 4.99 Å². The fraction of sp³-hybridized carbons (Fsp3) is 0.125. The minimum atomic E-state index is 0.703. The molecule has 0 saturated heterocycles. The predicted octanol–water partition coefficient (Wildman–Crippen LogP) is 3.88. The summed E-state index contributed by atoms with van der Waals surface area (Å²) in [5, 5.41) is 4.07. The van der Waals surface area contributed by atoms with E-state index in [1.807, 2.05) is 18.2 Å². The average Bonchev–Trinajstić information content (AvgIpc) is 2.75. The van der Waals surface area contributed by atoms with E-state index in [4.69, 9.17) is 16.6 Å². The van der Waals surface area contributed by atoms with Crippen LogP contribution in [0.3, 0.4) is 0 Å². The van der Waals surface area contributed by atoms with E-state index in [1.165, 1.54) is 11.1 Å². The van der Waals surface area contributed by atoms with E-state index in [0.29, 0.717) is 5.02 Å². The Balaban J connectivity index is 1.93. The van der Waals surface area contributed by atoms with Crippen LogP contribution in [0.5, 0.6) is 0 Å². The third kappa shape index (κ3) is 1.60. The van der Waals surface area contributed by atoms with Crippen molar-refractivity contribution in [3.8, 4) is 0 Å². The number of hydrogen-bond donors (Lipinski definition) is 1. The molecule has 2 aromatic rings. The monoisotopic (exact) mass is 281 g/mol. The fourth-order valence-electron chi connectivity index (χ4n) is 2.54. The molecular weight excluding hydrogens is 270 g/mol. The van der Waals surface area contributed by atoms with Crippen molar-refractivity contribution < 1.29 is 0 Å². The van der Waals surface area contributed by atoms with Crippen LogP contribution in [0.25, 0.3) is 0 Å². The average molecular weight is 282 g/mol. The van der Waals surface area contributed by atoms with Crippen molar-refractivity contribution in [2.45, 2.75) is 13.8 Å². The van der Waals surface area contributed by atoms with Gasteiger partial charge in [0, 0.05) is 5.02 Å². The van der Waals surface area contributed by atoms with Crippen LogP contribution in [0, 0.1) is 13.8 Å². The summed E-state index contributed by atoms with van der Waals surface area (Å²) in [6.07, 6.45) is 0. The molecule has 1 radical (unpaired) electrons. The van der Waals surface area contributed by atoms with Crippen LogP contribution < -0.4 is 10.3 Å². The molecular formula is C16H12ClN3+. The Bertz CT molecular complexity index is 819. The number of aryl methyl sites for hydroxylation is 2. The molecule has 2 aliphatic heterocycles. The summed E-state index contributed by atoms with van der Waals surface area (Å²) in [6.45, 7) is 4.19. The van der Waals surface area contributed by atoms with Gasteiger partial charge in [-0.3, -0.25) is 0 Å². The van der Waals surface area contributed by atoms with Crippen LogP contribution in [-0.2, 0) is 0 Å². The maximum Gasteiger partial charge on any atom is 0.348 e. The van der Waals surface area contributed by atoms with E-state index >= 15 is 0 Å². The quantitative estimate of drug-likeness (QED) is 0.782. The number of halogens is 1. The summed E-state index contributed by atoms with van der Waals surface area (Å²) in [6, 6.07) is 9.91. The lowest BCUT2D eigenvalue weighted by molar-refractivity contribution is 1.32. The molecule has 97 valence electrons. The van der Waals surface area contributed by atoms with Crippen molar-refractivity contribution >= 4 is 40.2 Å². The van der Waals surface area contributed by atoms with Crippen LogP contribution in [-0.4, -0.2) is 11.5 Å². The Morgan fingerprint density at radius 2 is 1.90 bits per heavy atom. The minimum absolute atomic E-state index is 0.703. The van der Waals surface area contributed by atoms with Gasteiger partial charge in [-0.1, -0.05) is 11.6 Å². The van der Waals surface area contributed by atoms with Gasteiger partial charge in [0.2, 0.25) is 0 Å². The van der Waals surface area contributed by atoms with E-state index in [9.17, 15) is 0 Å². The number of nitrogens with one attached hydrogen (secondary N) is 1. The molecule has 0 aromatic heterocycles. The molecule has 0 bridgehead atoms. The SMILES string of the molecule is Cc1cc2c(cc1C)NC1=[N+]c3ccc(Cl)cc3C1=N2. The zero-order chi connectivity index (χ0) is 13.9. The van der Waals surface area contributed by atoms with Gasteiger partial charge in [-0.25, -0.2) is 10.3 Å². The Kier molecular flexibility index (Phi) is 2.30. The lowest BCUT2D eigenvalue weighted by Gasteiger charge is -2.12. The fourth-order valence-corrected chi connectivity index (χ4v) is 2.71. The Morgan fingerprint density at radius 3 is 2.75 bits per heavy atom. The van der Waals surface area contributed by atoms with Crippen LogP contribution in [0.4, 0.5) is 17.1 Å². The van der Waals surface area contributed by atoms with E-state index in [1.54, 1.807) is 0 Å². The van der Waals surface area contributed by atoms with Gasteiger partial charge in [0.15, 0.2) is 17.1 Å². The van der Waals surface area contributed by atoms with Gasteiger partial charge in [-0.2, -0.15) is 0 Å². The zero-order valence-corrected chi connectivity index (χ0v) is 11.9. The van der Waals surface area contributed by atoms with Crippen LogP contribution in [0.15, 0.2) is 35.3 Å². The first-order valence-electron chi connectivity index (χ1n) is 6.48. The number of fused-ring (bicyclic) bond motifs is 4. The minimum Gasteiger partial charge on any atom is -0.235 e. The molecule has 0 unspecified atom stereocenters. The standard InChI is InChI=1S/C16H12ClN3/c1-8-5-13-14(6-9(8)2)20-16-15(18-13)11-7-10(17)3-4-12(11)19-16/h3-7,20H,1-2H3/q+1. The number of hydrogen-bond acceptors (Lipinski definition) is 3. The first-order valence-corrected chi connectivity index (χ1v) is 6.85. The van der Waals surface area contributed by atoms with Crippen molar-refractivity contribution in [3.63, 3.8) is 0 Å². The zero-order valence-electron chi connectivity index (χ0n) is 11.2. The van der Waals surface area contributed by atoms with Crippen LogP contribution in [0.2, 0.25) is 5.02 Å². The van der Waals surface area contributed by atoms with E-state index in [-0.39, 0.29) is 0 Å². The van der Waals surface area contributed by atoms with Gasteiger partial charge >= 0.3 is 5.84 Å². The number of nitrogens with zero attached hydrogens (tertiary/aromatic N) is 2. The van der Waals surface area contributed by atoms with Gasteiger partial charge < -0.3 is 0 Å². The second-order valence-electron chi connectivity index (χ2n) is 5.16. The number of aliphatic imine (C=N–C) groups is 2. The van der Waals surface area contributed by atoms with Gasteiger partial charge in [0.1, 0.15) is 5.69 Å². The van der Waals surface area contributed by atoms with E-state index < -0.39 is 0 Å². The molecule has 2 heterocycles. The lowest BCUT2D eigenvalue weighted by atomic mass is 10.0. The molecule has 0 saturated carbocycles. The molecule has 2 aliphatic rings. The summed E-state index contributed by atoms with van der Waals surface area (Å²) in [5.41, 5.74) is 7.22. The van der Waals surface area contributed by atoms with Crippen molar-refractivity contribution in [1.29, 1.82) is 0 Å². The molecule has 2 aromatic carbocycles. The summed E-state index contributed by atoms with van der Waals surface area (Å²) in [4.78, 5) is 9.34. The summed E-state index contributed by atoms with van der Waals surface area (Å²) in [5.74, 6) is 0.804. The third-order valence-corrected chi connectivity index (χ3v) is 4.00. The Morgan fingerprint density at radius 1 is 1.10 bits per heavy atom. The summed E-state index contributed by atoms with van der Waals surface area (Å²) in [7, 11) is 0. The normalized spacial score (nSPS) is 14.8. The summed E-state index contributed by atoms with van der Waals surface area (Å²) >= 11 is 6.07. The first-order chi connectivity index (χ1) is 9.61. The molecule has 4 rings (SSSR count). The molecule has 0 aliphatic carbocycles. The highest BCUT2D eigenvalue weighted by Gasteiger charge is 2.35. The second kappa shape index (κ2) is 3.93. The van der Waals surface area contributed by atoms with Gasteiger partial charge in [-0.15, -0.1) is 0 Å². The number of amidine groups is 1. The van der Waals surface area contributed by atoms with Crippen LogP contribution >= 0.6 is 11.6 Å². The van der Waals surface area contributed by atoms with Crippen molar-refractivity contribution in [3.05, 3.63) is 52.0 Å². The van der Waals surface area contributed by atoms with Gasteiger partial charge in [0.25, 0.3) is 0 Å². The molecule has 0 atom stereocenters. The maximum atomic E-state index is 6.07. The largest absolute Gasteiger partial charge is 0.348 e. The molecule has 1 N–H and O–H groups in total. The third-order valence-electron chi connectivity index (χ3n) is 3.77.